The minimum absolute atomic E-state index is 0.134. The molecule has 5 heteroatoms. The molecule has 0 bridgehead atoms. The first-order valence-corrected chi connectivity index (χ1v) is 8.86. The van der Waals surface area contributed by atoms with Gasteiger partial charge in [-0.25, -0.2) is 4.68 Å². The van der Waals surface area contributed by atoms with Crippen LogP contribution in [-0.2, 0) is 11.3 Å². The molecule has 0 atom stereocenters. The molecule has 0 aliphatic heterocycles. The molecule has 27 heavy (non-hydrogen) atoms. The van der Waals surface area contributed by atoms with Crippen LogP contribution in [0.15, 0.2) is 53.3 Å². The molecule has 5 nitrogen and oxygen atoms in total. The molecule has 3 rings (SSSR count). The zero-order valence-electron chi connectivity index (χ0n) is 16.0. The third-order valence-corrected chi connectivity index (χ3v) is 4.63. The highest BCUT2D eigenvalue weighted by molar-refractivity contribution is 5.91. The zero-order chi connectivity index (χ0) is 19.6. The molecule has 0 saturated heterocycles. The summed E-state index contributed by atoms with van der Waals surface area (Å²) in [7, 11) is 0. The number of carbonyl (C=O) groups is 1. The largest absolute Gasteiger partial charge is 0.324 e. The summed E-state index contributed by atoms with van der Waals surface area (Å²) in [5.41, 5.74) is 6.40. The van der Waals surface area contributed by atoms with E-state index < -0.39 is 0 Å². The molecule has 1 amide bonds. The summed E-state index contributed by atoms with van der Waals surface area (Å²) in [5.74, 6) is -0.282. The monoisotopic (exact) mass is 361 g/mol. The predicted octanol–water partition coefficient (Wildman–Crippen LogP) is 3.78. The number of nitrogens with one attached hydrogen (secondary N) is 1. The first kappa shape index (κ1) is 18.6. The second kappa shape index (κ2) is 7.58. The molecular weight excluding hydrogens is 338 g/mol. The van der Waals surface area contributed by atoms with Gasteiger partial charge in [0.2, 0.25) is 5.91 Å². The van der Waals surface area contributed by atoms with Crippen molar-refractivity contribution in [3.05, 3.63) is 81.1 Å². The molecule has 2 aromatic carbocycles. The van der Waals surface area contributed by atoms with Crippen molar-refractivity contribution in [2.45, 2.75) is 34.2 Å². The SMILES string of the molecule is Cc1ccc(C)c(NC(=O)Cn2nc(-c3ccc(C)c(C)c3)ccc2=O)c1. The molecule has 1 N–H and O–H groups in total. The Kier molecular flexibility index (Phi) is 5.21. The topological polar surface area (TPSA) is 64.0 Å². The maximum atomic E-state index is 12.4. The quantitative estimate of drug-likeness (QED) is 0.769. The Morgan fingerprint density at radius 2 is 1.67 bits per heavy atom. The summed E-state index contributed by atoms with van der Waals surface area (Å²) < 4.78 is 1.20. The van der Waals surface area contributed by atoms with E-state index in [9.17, 15) is 9.59 Å². The molecule has 0 aliphatic rings. The highest BCUT2D eigenvalue weighted by Gasteiger charge is 2.10. The maximum Gasteiger partial charge on any atom is 0.267 e. The number of hydrogen-bond donors (Lipinski definition) is 1. The van der Waals surface area contributed by atoms with Crippen LogP contribution in [0.5, 0.6) is 0 Å². The third kappa shape index (κ3) is 4.31. The number of rotatable bonds is 4. The minimum atomic E-state index is -0.307. The van der Waals surface area contributed by atoms with E-state index in [0.29, 0.717) is 5.69 Å². The molecule has 0 saturated carbocycles. The Bertz CT molecular complexity index is 1070. The molecule has 0 fully saturated rings. The van der Waals surface area contributed by atoms with E-state index in [2.05, 4.69) is 10.4 Å². The van der Waals surface area contributed by atoms with Gasteiger partial charge in [0.15, 0.2) is 0 Å². The zero-order valence-corrected chi connectivity index (χ0v) is 16.0. The lowest BCUT2D eigenvalue weighted by Gasteiger charge is -2.11. The Labute approximate surface area is 158 Å². The van der Waals surface area contributed by atoms with Crippen molar-refractivity contribution in [2.75, 3.05) is 5.32 Å². The number of aromatic nitrogens is 2. The normalized spacial score (nSPS) is 10.7. The predicted molar refractivity (Wildman–Crippen MR) is 108 cm³/mol. The van der Waals surface area contributed by atoms with Crippen LogP contribution in [0.2, 0.25) is 0 Å². The smallest absolute Gasteiger partial charge is 0.267 e. The highest BCUT2D eigenvalue weighted by Crippen LogP contribution is 2.19. The van der Waals surface area contributed by atoms with Crippen LogP contribution in [0.25, 0.3) is 11.3 Å². The van der Waals surface area contributed by atoms with E-state index in [1.165, 1.54) is 16.3 Å². The van der Waals surface area contributed by atoms with Crippen LogP contribution >= 0.6 is 0 Å². The van der Waals surface area contributed by atoms with E-state index in [1.54, 1.807) is 6.07 Å². The summed E-state index contributed by atoms with van der Waals surface area (Å²) >= 11 is 0. The van der Waals surface area contributed by atoms with Gasteiger partial charge in [-0.3, -0.25) is 9.59 Å². The summed E-state index contributed by atoms with van der Waals surface area (Å²) in [6.07, 6.45) is 0. The second-order valence-corrected chi connectivity index (χ2v) is 6.88. The van der Waals surface area contributed by atoms with Crippen LogP contribution in [0.4, 0.5) is 5.69 Å². The van der Waals surface area contributed by atoms with Crippen molar-refractivity contribution in [1.29, 1.82) is 0 Å². The first-order valence-electron chi connectivity index (χ1n) is 8.86. The summed E-state index contributed by atoms with van der Waals surface area (Å²) in [4.78, 5) is 24.6. The van der Waals surface area contributed by atoms with Gasteiger partial charge in [-0.1, -0.05) is 24.3 Å². The van der Waals surface area contributed by atoms with Crippen molar-refractivity contribution < 1.29 is 4.79 Å². The van der Waals surface area contributed by atoms with Crippen LogP contribution in [0.1, 0.15) is 22.3 Å². The number of hydrogen-bond acceptors (Lipinski definition) is 3. The van der Waals surface area contributed by atoms with Gasteiger partial charge in [-0.15, -0.1) is 0 Å². The fourth-order valence-corrected chi connectivity index (χ4v) is 2.81. The number of aryl methyl sites for hydroxylation is 4. The highest BCUT2D eigenvalue weighted by atomic mass is 16.2. The van der Waals surface area contributed by atoms with Gasteiger partial charge in [0.25, 0.3) is 5.56 Å². The number of amides is 1. The van der Waals surface area contributed by atoms with Crippen molar-refractivity contribution >= 4 is 11.6 Å². The van der Waals surface area contributed by atoms with Crippen molar-refractivity contribution in [1.82, 2.24) is 9.78 Å². The Balaban J connectivity index is 1.84. The van der Waals surface area contributed by atoms with Crippen molar-refractivity contribution in [3.8, 4) is 11.3 Å². The van der Waals surface area contributed by atoms with E-state index >= 15 is 0 Å². The Morgan fingerprint density at radius 3 is 2.41 bits per heavy atom. The molecule has 1 heterocycles. The third-order valence-electron chi connectivity index (χ3n) is 4.63. The second-order valence-electron chi connectivity index (χ2n) is 6.88. The van der Waals surface area contributed by atoms with Crippen LogP contribution in [-0.4, -0.2) is 15.7 Å². The van der Waals surface area contributed by atoms with Crippen LogP contribution in [0.3, 0.4) is 0 Å². The van der Waals surface area contributed by atoms with Gasteiger partial charge in [-0.2, -0.15) is 5.10 Å². The molecule has 0 spiro atoms. The first-order chi connectivity index (χ1) is 12.8. The van der Waals surface area contributed by atoms with Crippen LogP contribution < -0.4 is 10.9 Å². The van der Waals surface area contributed by atoms with Gasteiger partial charge in [0, 0.05) is 17.3 Å². The number of carbonyl (C=O) groups excluding carboxylic acids is 1. The van der Waals surface area contributed by atoms with Crippen molar-refractivity contribution in [2.24, 2.45) is 0 Å². The van der Waals surface area contributed by atoms with E-state index in [1.807, 2.05) is 64.1 Å². The lowest BCUT2D eigenvalue weighted by molar-refractivity contribution is -0.117. The van der Waals surface area contributed by atoms with Gasteiger partial charge in [0.1, 0.15) is 6.54 Å². The minimum Gasteiger partial charge on any atom is -0.324 e. The van der Waals surface area contributed by atoms with Gasteiger partial charge < -0.3 is 5.32 Å². The summed E-state index contributed by atoms with van der Waals surface area (Å²) in [6, 6.07) is 15.0. The summed E-state index contributed by atoms with van der Waals surface area (Å²) in [6.45, 7) is 7.84. The lowest BCUT2D eigenvalue weighted by Crippen LogP contribution is -2.29. The van der Waals surface area contributed by atoms with Gasteiger partial charge in [0.05, 0.1) is 5.69 Å². The molecule has 0 radical (unpaired) electrons. The standard InChI is InChI=1S/C22H23N3O2/c1-14-5-6-16(3)20(11-14)23-21(26)13-25-22(27)10-9-19(24-25)18-8-7-15(2)17(4)12-18/h5-12H,13H2,1-4H3,(H,23,26). The van der Waals surface area contributed by atoms with Crippen LogP contribution in [0, 0.1) is 27.7 Å². The maximum absolute atomic E-state index is 12.4. The molecule has 0 aliphatic carbocycles. The van der Waals surface area contributed by atoms with E-state index in [4.69, 9.17) is 0 Å². The lowest BCUT2D eigenvalue weighted by atomic mass is 10.0. The van der Waals surface area contributed by atoms with Gasteiger partial charge in [-0.05, 0) is 68.1 Å². The van der Waals surface area contributed by atoms with E-state index in [0.717, 1.165) is 27.9 Å². The average Bonchev–Trinajstić information content (AvgIpc) is 2.62. The molecule has 1 aromatic heterocycles. The number of benzene rings is 2. The Morgan fingerprint density at radius 1 is 0.926 bits per heavy atom. The number of nitrogens with zero attached hydrogens (tertiary/aromatic N) is 2. The average molecular weight is 361 g/mol. The molecule has 0 unspecified atom stereocenters. The number of anilines is 1. The molecule has 138 valence electrons. The van der Waals surface area contributed by atoms with Crippen molar-refractivity contribution in [3.63, 3.8) is 0 Å². The fraction of sp³-hybridized carbons (Fsp3) is 0.227. The van der Waals surface area contributed by atoms with E-state index in [-0.39, 0.29) is 18.0 Å². The molecule has 3 aromatic rings. The van der Waals surface area contributed by atoms with Gasteiger partial charge >= 0.3 is 0 Å². The molecular formula is C22H23N3O2. The summed E-state index contributed by atoms with van der Waals surface area (Å²) in [5, 5.41) is 7.24. The fourth-order valence-electron chi connectivity index (χ4n) is 2.81. The Hall–Kier alpha value is -3.21.